The van der Waals surface area contributed by atoms with Crippen LogP contribution in [0.4, 0.5) is 4.39 Å². The molecule has 0 aromatic heterocycles. The van der Waals surface area contributed by atoms with Crippen LogP contribution in [0.2, 0.25) is 0 Å². The summed E-state index contributed by atoms with van der Waals surface area (Å²) in [6, 6.07) is 4.36. The second-order valence-electron chi connectivity index (χ2n) is 7.64. The van der Waals surface area contributed by atoms with Crippen LogP contribution >= 0.6 is 0 Å². The molecule has 138 valence electrons. The van der Waals surface area contributed by atoms with Gasteiger partial charge in [-0.25, -0.2) is 4.39 Å². The number of amides is 1. The lowest BCUT2D eigenvalue weighted by molar-refractivity contribution is -0.135. The summed E-state index contributed by atoms with van der Waals surface area (Å²) >= 11 is 0. The Morgan fingerprint density at radius 2 is 2.16 bits per heavy atom. The number of halogens is 1. The maximum absolute atomic E-state index is 13.6. The molecule has 2 aliphatic rings. The number of ether oxygens (including phenoxy) is 1. The summed E-state index contributed by atoms with van der Waals surface area (Å²) in [5.74, 6) is 0.293. The van der Waals surface area contributed by atoms with Crippen molar-refractivity contribution in [2.45, 2.75) is 63.5 Å². The zero-order chi connectivity index (χ0) is 18.0. The highest BCUT2D eigenvalue weighted by Crippen LogP contribution is 2.41. The third kappa shape index (κ3) is 3.81. The van der Waals surface area contributed by atoms with E-state index < -0.39 is 5.60 Å². The lowest BCUT2D eigenvalue weighted by Gasteiger charge is -2.43. The molecule has 0 radical (unpaired) electrons. The van der Waals surface area contributed by atoms with Gasteiger partial charge >= 0.3 is 0 Å². The van der Waals surface area contributed by atoms with Crippen molar-refractivity contribution in [1.29, 1.82) is 0 Å². The van der Waals surface area contributed by atoms with E-state index in [1.165, 1.54) is 19.2 Å². The van der Waals surface area contributed by atoms with Crippen LogP contribution in [0.25, 0.3) is 0 Å². The van der Waals surface area contributed by atoms with Crippen LogP contribution in [-0.2, 0) is 11.2 Å². The summed E-state index contributed by atoms with van der Waals surface area (Å²) in [6.45, 7) is 2.63. The highest BCUT2D eigenvalue weighted by molar-refractivity contribution is 5.80. The number of carbonyl (C=O) groups excluding carboxylic acids is 1. The fourth-order valence-corrected chi connectivity index (χ4v) is 4.62. The second kappa shape index (κ2) is 7.32. The molecule has 1 amide bonds. The van der Waals surface area contributed by atoms with Gasteiger partial charge in [-0.2, -0.15) is 0 Å². The Bertz CT molecular complexity index is 631. The molecule has 4 nitrogen and oxygen atoms in total. The Kier molecular flexibility index (Phi) is 5.32. The number of likely N-dealkylation sites (tertiary alicyclic amines) is 1. The Hall–Kier alpha value is -1.62. The maximum atomic E-state index is 13.6. The number of hydrogen-bond donors (Lipinski definition) is 1. The Labute approximate surface area is 149 Å². The number of nitrogens with zero attached hydrogens (tertiary/aromatic N) is 1. The Morgan fingerprint density at radius 3 is 2.88 bits per heavy atom. The van der Waals surface area contributed by atoms with E-state index in [4.69, 9.17) is 4.74 Å². The van der Waals surface area contributed by atoms with Crippen molar-refractivity contribution in [2.75, 3.05) is 13.7 Å². The highest BCUT2D eigenvalue weighted by atomic mass is 19.1. The van der Waals surface area contributed by atoms with Gasteiger partial charge in [-0.3, -0.25) is 4.79 Å². The normalized spacial score (nSPS) is 29.7. The van der Waals surface area contributed by atoms with E-state index in [0.29, 0.717) is 17.9 Å². The molecule has 3 atom stereocenters. The molecule has 1 heterocycles. The first-order chi connectivity index (χ1) is 11.9. The quantitative estimate of drug-likeness (QED) is 0.907. The first-order valence-electron chi connectivity index (χ1n) is 9.26. The predicted molar refractivity (Wildman–Crippen MR) is 94.0 cm³/mol. The number of rotatable bonds is 4. The van der Waals surface area contributed by atoms with E-state index in [1.54, 1.807) is 6.07 Å². The SMILES string of the molecule is COc1ccc(F)cc1CC(=O)N1CCCC1C1CCCCC1(C)O. The van der Waals surface area contributed by atoms with Crippen molar-refractivity contribution in [1.82, 2.24) is 4.90 Å². The molecule has 1 N–H and O–H groups in total. The molecule has 1 saturated carbocycles. The van der Waals surface area contributed by atoms with Crippen LogP contribution in [0.3, 0.4) is 0 Å². The summed E-state index contributed by atoms with van der Waals surface area (Å²) in [5.41, 5.74) is -0.129. The van der Waals surface area contributed by atoms with Crippen molar-refractivity contribution in [2.24, 2.45) is 5.92 Å². The molecule has 2 fully saturated rings. The molecule has 3 rings (SSSR count). The number of methoxy groups -OCH3 is 1. The third-order valence-corrected chi connectivity index (χ3v) is 5.92. The molecule has 1 aliphatic carbocycles. The fourth-order valence-electron chi connectivity index (χ4n) is 4.62. The van der Waals surface area contributed by atoms with Crippen LogP contribution in [0.1, 0.15) is 51.0 Å². The summed E-state index contributed by atoms with van der Waals surface area (Å²) < 4.78 is 18.8. The predicted octanol–water partition coefficient (Wildman–Crippen LogP) is 3.31. The zero-order valence-corrected chi connectivity index (χ0v) is 15.1. The van der Waals surface area contributed by atoms with E-state index in [9.17, 15) is 14.3 Å². The van der Waals surface area contributed by atoms with E-state index in [2.05, 4.69) is 0 Å². The smallest absolute Gasteiger partial charge is 0.227 e. The first-order valence-corrected chi connectivity index (χ1v) is 9.26. The van der Waals surface area contributed by atoms with Crippen LogP contribution in [0.15, 0.2) is 18.2 Å². The lowest BCUT2D eigenvalue weighted by atomic mass is 9.72. The van der Waals surface area contributed by atoms with Crippen LogP contribution in [-0.4, -0.2) is 41.2 Å². The monoisotopic (exact) mass is 349 g/mol. The average molecular weight is 349 g/mol. The molecule has 5 heteroatoms. The third-order valence-electron chi connectivity index (χ3n) is 5.92. The minimum atomic E-state index is -0.706. The molecular formula is C20H28FNO3. The van der Waals surface area contributed by atoms with Crippen molar-refractivity contribution in [3.63, 3.8) is 0 Å². The van der Waals surface area contributed by atoms with E-state index in [1.807, 2.05) is 11.8 Å². The maximum Gasteiger partial charge on any atom is 0.227 e. The molecule has 1 aromatic rings. The summed E-state index contributed by atoms with van der Waals surface area (Å²) in [6.07, 6.45) is 5.95. The standard InChI is InChI=1S/C20H28FNO3/c1-20(24)10-4-3-6-16(20)17-7-5-11-22(17)19(23)13-14-12-15(21)8-9-18(14)25-2/h8-9,12,16-17,24H,3-7,10-11,13H2,1-2H3. The minimum absolute atomic E-state index is 0.00669. The van der Waals surface area contributed by atoms with Crippen molar-refractivity contribution >= 4 is 5.91 Å². The van der Waals surface area contributed by atoms with Gasteiger partial charge in [-0.05, 0) is 50.8 Å². The first kappa shape index (κ1) is 18.2. The topological polar surface area (TPSA) is 49.8 Å². The molecule has 3 unspecified atom stereocenters. The van der Waals surface area contributed by atoms with Gasteiger partial charge in [-0.1, -0.05) is 12.8 Å². The van der Waals surface area contributed by atoms with Crippen LogP contribution in [0, 0.1) is 11.7 Å². The van der Waals surface area contributed by atoms with Crippen molar-refractivity contribution in [3.8, 4) is 5.75 Å². The van der Waals surface area contributed by atoms with E-state index in [0.717, 1.165) is 38.5 Å². The fraction of sp³-hybridized carbons (Fsp3) is 0.650. The molecule has 25 heavy (non-hydrogen) atoms. The van der Waals surface area contributed by atoms with Gasteiger partial charge < -0.3 is 14.7 Å². The van der Waals surface area contributed by atoms with Gasteiger partial charge in [0.25, 0.3) is 0 Å². The molecule has 1 saturated heterocycles. The summed E-state index contributed by atoms with van der Waals surface area (Å²) in [4.78, 5) is 14.8. The number of benzene rings is 1. The molecule has 1 aromatic carbocycles. The summed E-state index contributed by atoms with van der Waals surface area (Å²) in [7, 11) is 1.53. The Morgan fingerprint density at radius 1 is 1.36 bits per heavy atom. The zero-order valence-electron chi connectivity index (χ0n) is 15.1. The molecule has 0 spiro atoms. The van der Waals surface area contributed by atoms with Crippen molar-refractivity contribution < 1.29 is 19.0 Å². The van der Waals surface area contributed by atoms with Gasteiger partial charge in [0.05, 0.1) is 19.1 Å². The largest absolute Gasteiger partial charge is 0.496 e. The Balaban J connectivity index is 1.76. The molecule has 1 aliphatic heterocycles. The van der Waals surface area contributed by atoms with Crippen LogP contribution < -0.4 is 4.74 Å². The van der Waals surface area contributed by atoms with Gasteiger partial charge in [0.2, 0.25) is 5.91 Å². The van der Waals surface area contributed by atoms with Gasteiger partial charge in [-0.15, -0.1) is 0 Å². The van der Waals surface area contributed by atoms with Gasteiger partial charge in [0.15, 0.2) is 0 Å². The number of carbonyl (C=O) groups is 1. The van der Waals surface area contributed by atoms with Gasteiger partial charge in [0, 0.05) is 24.1 Å². The summed E-state index contributed by atoms with van der Waals surface area (Å²) in [5, 5.41) is 10.8. The van der Waals surface area contributed by atoms with Gasteiger partial charge in [0.1, 0.15) is 11.6 Å². The van der Waals surface area contributed by atoms with E-state index >= 15 is 0 Å². The lowest BCUT2D eigenvalue weighted by Crippen LogP contribution is -2.50. The molecule has 0 bridgehead atoms. The highest BCUT2D eigenvalue weighted by Gasteiger charge is 2.44. The van der Waals surface area contributed by atoms with Crippen molar-refractivity contribution in [3.05, 3.63) is 29.6 Å². The number of hydrogen-bond acceptors (Lipinski definition) is 3. The average Bonchev–Trinajstić information content (AvgIpc) is 3.04. The van der Waals surface area contributed by atoms with E-state index in [-0.39, 0.29) is 30.1 Å². The number of aliphatic hydroxyl groups is 1. The molecular weight excluding hydrogens is 321 g/mol. The van der Waals surface area contributed by atoms with Crippen LogP contribution in [0.5, 0.6) is 5.75 Å². The second-order valence-corrected chi connectivity index (χ2v) is 7.64. The minimum Gasteiger partial charge on any atom is -0.496 e.